The molecule has 116 valence electrons. The molecule has 0 aliphatic carbocycles. The van der Waals surface area contributed by atoms with Crippen LogP contribution in [0.3, 0.4) is 0 Å². The number of hydrogen-bond donors (Lipinski definition) is 1. The van der Waals surface area contributed by atoms with Gasteiger partial charge >= 0.3 is 0 Å². The first-order chi connectivity index (χ1) is 10.7. The van der Waals surface area contributed by atoms with Crippen molar-refractivity contribution in [3.05, 3.63) is 53.6 Å². The van der Waals surface area contributed by atoms with Crippen molar-refractivity contribution < 1.29 is 14.3 Å². The highest BCUT2D eigenvalue weighted by molar-refractivity contribution is 7.97. The van der Waals surface area contributed by atoms with Crippen molar-refractivity contribution in [1.82, 2.24) is 0 Å². The van der Waals surface area contributed by atoms with Crippen molar-refractivity contribution in [3.8, 4) is 11.5 Å². The van der Waals surface area contributed by atoms with Crippen LogP contribution in [0.4, 0.5) is 5.69 Å². The van der Waals surface area contributed by atoms with Crippen LogP contribution in [0.5, 0.6) is 11.5 Å². The van der Waals surface area contributed by atoms with Gasteiger partial charge in [-0.15, -0.1) is 0 Å². The molecule has 2 aromatic carbocycles. The van der Waals surface area contributed by atoms with E-state index in [1.165, 1.54) is 0 Å². The second-order valence-corrected chi connectivity index (χ2v) is 5.55. The van der Waals surface area contributed by atoms with Gasteiger partial charge < -0.3 is 14.8 Å². The number of ether oxygens (including phenoxy) is 2. The minimum atomic E-state index is -0.154. The molecule has 1 N–H and O–H groups in total. The molecule has 2 aromatic rings. The van der Waals surface area contributed by atoms with Gasteiger partial charge in [-0.05, 0) is 24.0 Å². The van der Waals surface area contributed by atoms with Gasteiger partial charge in [0.2, 0.25) is 0 Å². The van der Waals surface area contributed by atoms with E-state index in [0.29, 0.717) is 22.7 Å². The highest BCUT2D eigenvalue weighted by Gasteiger charge is 2.09. The molecule has 0 saturated carbocycles. The van der Waals surface area contributed by atoms with Gasteiger partial charge in [0, 0.05) is 35.2 Å². The van der Waals surface area contributed by atoms with E-state index in [-0.39, 0.29) is 5.91 Å². The van der Waals surface area contributed by atoms with Gasteiger partial charge in [-0.2, -0.15) is 11.8 Å². The summed E-state index contributed by atoms with van der Waals surface area (Å²) in [6, 6.07) is 12.9. The molecule has 1 amide bonds. The molecular weight excluding hydrogens is 298 g/mol. The first-order valence-electron chi connectivity index (χ1n) is 6.78. The average molecular weight is 317 g/mol. The van der Waals surface area contributed by atoms with Gasteiger partial charge in [-0.3, -0.25) is 4.79 Å². The van der Waals surface area contributed by atoms with E-state index in [0.717, 1.165) is 11.3 Å². The topological polar surface area (TPSA) is 47.6 Å². The highest BCUT2D eigenvalue weighted by Crippen LogP contribution is 2.26. The maximum atomic E-state index is 12.4. The fourth-order valence-corrected chi connectivity index (χ4v) is 2.56. The van der Waals surface area contributed by atoms with Crippen LogP contribution in [0.25, 0.3) is 0 Å². The van der Waals surface area contributed by atoms with Crippen LogP contribution in [0.1, 0.15) is 15.9 Å². The second kappa shape index (κ2) is 7.75. The molecule has 0 radical (unpaired) electrons. The Kier molecular flexibility index (Phi) is 5.72. The molecule has 22 heavy (non-hydrogen) atoms. The number of carbonyl (C=O) groups is 1. The van der Waals surface area contributed by atoms with Crippen molar-refractivity contribution in [3.63, 3.8) is 0 Å². The number of anilines is 1. The summed E-state index contributed by atoms with van der Waals surface area (Å²) in [6.45, 7) is 0. The van der Waals surface area contributed by atoms with Gasteiger partial charge in [0.25, 0.3) is 5.91 Å². The summed E-state index contributed by atoms with van der Waals surface area (Å²) in [4.78, 5) is 12.4. The number of nitrogens with one attached hydrogen (secondary N) is 1. The summed E-state index contributed by atoms with van der Waals surface area (Å²) < 4.78 is 10.4. The monoisotopic (exact) mass is 317 g/mol. The predicted octanol–water partition coefficient (Wildman–Crippen LogP) is 3.82. The van der Waals surface area contributed by atoms with Crippen molar-refractivity contribution in [1.29, 1.82) is 0 Å². The molecule has 2 rings (SSSR count). The lowest BCUT2D eigenvalue weighted by Gasteiger charge is -2.10. The Hall–Kier alpha value is -2.14. The van der Waals surface area contributed by atoms with Crippen LogP contribution in [-0.2, 0) is 5.75 Å². The molecular formula is C17H19NO3S. The summed E-state index contributed by atoms with van der Waals surface area (Å²) in [5, 5.41) is 2.87. The second-order valence-electron chi connectivity index (χ2n) is 4.69. The Labute approximate surface area is 134 Å². The molecule has 0 bridgehead atoms. The van der Waals surface area contributed by atoms with E-state index < -0.39 is 0 Å². The van der Waals surface area contributed by atoms with Crippen LogP contribution < -0.4 is 14.8 Å². The number of hydrogen-bond acceptors (Lipinski definition) is 4. The zero-order chi connectivity index (χ0) is 15.9. The molecule has 4 nitrogen and oxygen atoms in total. The molecule has 0 fully saturated rings. The highest BCUT2D eigenvalue weighted by atomic mass is 32.2. The summed E-state index contributed by atoms with van der Waals surface area (Å²) in [5.41, 5.74) is 2.40. The van der Waals surface area contributed by atoms with E-state index >= 15 is 0 Å². The lowest BCUT2D eigenvalue weighted by Crippen LogP contribution is -2.12. The first-order valence-corrected chi connectivity index (χ1v) is 8.18. The van der Waals surface area contributed by atoms with Crippen LogP contribution in [0.2, 0.25) is 0 Å². The standard InChI is InChI=1S/C17H19NO3S/c1-20-15-8-14(9-16(10-15)21-2)18-17(19)13-6-4-5-12(7-13)11-22-3/h4-10H,11H2,1-3H3,(H,18,19). The molecule has 0 aliphatic rings. The molecule has 0 spiro atoms. The Morgan fingerprint density at radius 1 is 1.09 bits per heavy atom. The fraction of sp³-hybridized carbons (Fsp3) is 0.235. The molecule has 5 heteroatoms. The van der Waals surface area contributed by atoms with Gasteiger partial charge in [-0.25, -0.2) is 0 Å². The van der Waals surface area contributed by atoms with Crippen LogP contribution in [0.15, 0.2) is 42.5 Å². The van der Waals surface area contributed by atoms with Gasteiger partial charge in [-0.1, -0.05) is 12.1 Å². The lowest BCUT2D eigenvalue weighted by molar-refractivity contribution is 0.102. The lowest BCUT2D eigenvalue weighted by atomic mass is 10.1. The van der Waals surface area contributed by atoms with Gasteiger partial charge in [0.1, 0.15) is 11.5 Å². The maximum absolute atomic E-state index is 12.4. The van der Waals surface area contributed by atoms with Crippen molar-refractivity contribution in [2.45, 2.75) is 5.75 Å². The van der Waals surface area contributed by atoms with E-state index in [4.69, 9.17) is 9.47 Å². The van der Waals surface area contributed by atoms with Crippen LogP contribution in [0, 0.1) is 0 Å². The van der Waals surface area contributed by atoms with E-state index in [2.05, 4.69) is 5.32 Å². The third-order valence-corrected chi connectivity index (χ3v) is 3.73. The Bertz CT molecular complexity index is 636. The number of benzene rings is 2. The van der Waals surface area contributed by atoms with Crippen molar-refractivity contribution in [2.75, 3.05) is 25.8 Å². The number of carbonyl (C=O) groups excluding carboxylic acids is 1. The molecule has 0 heterocycles. The van der Waals surface area contributed by atoms with Crippen molar-refractivity contribution in [2.24, 2.45) is 0 Å². The number of amides is 1. The minimum Gasteiger partial charge on any atom is -0.497 e. The minimum absolute atomic E-state index is 0.154. The third-order valence-electron chi connectivity index (χ3n) is 3.11. The van der Waals surface area contributed by atoms with Crippen molar-refractivity contribution >= 4 is 23.4 Å². The average Bonchev–Trinajstić information content (AvgIpc) is 2.55. The molecule has 0 atom stereocenters. The van der Waals surface area contributed by atoms with Crippen LogP contribution in [-0.4, -0.2) is 26.4 Å². The number of methoxy groups -OCH3 is 2. The Morgan fingerprint density at radius 3 is 2.36 bits per heavy atom. The van der Waals surface area contributed by atoms with E-state index in [1.54, 1.807) is 50.2 Å². The smallest absolute Gasteiger partial charge is 0.255 e. The summed E-state index contributed by atoms with van der Waals surface area (Å²) in [5.74, 6) is 1.99. The Balaban J connectivity index is 2.19. The summed E-state index contributed by atoms with van der Waals surface area (Å²) in [7, 11) is 3.15. The zero-order valence-corrected chi connectivity index (χ0v) is 13.7. The molecule has 0 aliphatic heterocycles. The Morgan fingerprint density at radius 2 is 1.77 bits per heavy atom. The maximum Gasteiger partial charge on any atom is 0.255 e. The van der Waals surface area contributed by atoms with Gasteiger partial charge in [0.15, 0.2) is 0 Å². The van der Waals surface area contributed by atoms with E-state index in [9.17, 15) is 4.79 Å². The summed E-state index contributed by atoms with van der Waals surface area (Å²) >= 11 is 1.72. The zero-order valence-electron chi connectivity index (χ0n) is 12.9. The normalized spacial score (nSPS) is 10.1. The number of thioether (sulfide) groups is 1. The third kappa shape index (κ3) is 4.18. The predicted molar refractivity (Wildman–Crippen MR) is 91.2 cm³/mol. The molecule has 0 unspecified atom stereocenters. The SMILES string of the molecule is COc1cc(NC(=O)c2cccc(CSC)c2)cc(OC)c1. The first kappa shape index (κ1) is 16.2. The molecule has 0 saturated heterocycles. The largest absolute Gasteiger partial charge is 0.497 e. The fourth-order valence-electron chi connectivity index (χ4n) is 2.05. The molecule has 0 aromatic heterocycles. The summed E-state index contributed by atoms with van der Waals surface area (Å²) in [6.07, 6.45) is 2.04. The van der Waals surface area contributed by atoms with E-state index in [1.807, 2.05) is 24.5 Å². The number of rotatable bonds is 6. The quantitative estimate of drug-likeness (QED) is 0.880. The van der Waals surface area contributed by atoms with Crippen LogP contribution >= 0.6 is 11.8 Å². The van der Waals surface area contributed by atoms with Gasteiger partial charge in [0.05, 0.1) is 14.2 Å².